The molecule has 0 radical (unpaired) electrons. The molecule has 0 saturated heterocycles. The fourth-order valence-electron chi connectivity index (χ4n) is 2.02. The van der Waals surface area contributed by atoms with Gasteiger partial charge in [0.15, 0.2) is 6.29 Å². The average molecular weight is 269 g/mol. The molecular weight excluding hydrogens is 250 g/mol. The molecule has 2 aromatic rings. The lowest BCUT2D eigenvalue weighted by Crippen LogP contribution is -2.12. The second-order valence-electron chi connectivity index (χ2n) is 5.92. The molecule has 20 heavy (non-hydrogen) atoms. The SMILES string of the molecule is Cc1ccc(C(C)(C)C)c(Oc2cncc(C=O)c2)c1. The molecular formula is C17H19NO2. The van der Waals surface area contributed by atoms with Crippen LogP contribution in [0.15, 0.2) is 36.7 Å². The normalized spacial score (nSPS) is 11.2. The van der Waals surface area contributed by atoms with Gasteiger partial charge in [0.25, 0.3) is 0 Å². The summed E-state index contributed by atoms with van der Waals surface area (Å²) in [6, 6.07) is 7.86. The molecule has 0 fully saturated rings. The molecule has 0 unspecified atom stereocenters. The van der Waals surface area contributed by atoms with Crippen LogP contribution in [0, 0.1) is 6.92 Å². The van der Waals surface area contributed by atoms with E-state index in [1.807, 2.05) is 13.0 Å². The van der Waals surface area contributed by atoms with Crippen molar-refractivity contribution >= 4 is 6.29 Å². The highest BCUT2D eigenvalue weighted by molar-refractivity contribution is 5.74. The van der Waals surface area contributed by atoms with Crippen molar-refractivity contribution < 1.29 is 9.53 Å². The van der Waals surface area contributed by atoms with Crippen LogP contribution in [0.2, 0.25) is 0 Å². The van der Waals surface area contributed by atoms with Crippen molar-refractivity contribution in [3.05, 3.63) is 53.3 Å². The van der Waals surface area contributed by atoms with E-state index >= 15 is 0 Å². The average Bonchev–Trinajstić information content (AvgIpc) is 2.37. The summed E-state index contributed by atoms with van der Waals surface area (Å²) in [6.45, 7) is 8.46. The van der Waals surface area contributed by atoms with E-state index < -0.39 is 0 Å². The number of aldehydes is 1. The number of ether oxygens (including phenoxy) is 1. The predicted octanol–water partition coefficient (Wildman–Crippen LogP) is 4.29. The summed E-state index contributed by atoms with van der Waals surface area (Å²) in [4.78, 5) is 14.8. The highest BCUT2D eigenvalue weighted by Crippen LogP contribution is 2.34. The number of carbonyl (C=O) groups is 1. The summed E-state index contributed by atoms with van der Waals surface area (Å²) in [5.41, 5.74) is 2.75. The number of aryl methyl sites for hydroxylation is 1. The van der Waals surface area contributed by atoms with Crippen LogP contribution in [0.4, 0.5) is 0 Å². The number of carbonyl (C=O) groups excluding carboxylic acids is 1. The van der Waals surface area contributed by atoms with Crippen LogP contribution in [0.5, 0.6) is 11.5 Å². The first kappa shape index (κ1) is 14.3. The predicted molar refractivity (Wildman–Crippen MR) is 79.6 cm³/mol. The Balaban J connectivity index is 2.41. The minimum Gasteiger partial charge on any atom is -0.455 e. The second-order valence-corrected chi connectivity index (χ2v) is 5.92. The number of rotatable bonds is 3. The first-order chi connectivity index (χ1) is 9.40. The van der Waals surface area contributed by atoms with Crippen LogP contribution in [-0.2, 0) is 5.41 Å². The number of hydrogen-bond donors (Lipinski definition) is 0. The molecule has 0 bridgehead atoms. The second kappa shape index (κ2) is 5.45. The van der Waals surface area contributed by atoms with Gasteiger partial charge < -0.3 is 4.74 Å². The number of nitrogens with zero attached hydrogens (tertiary/aromatic N) is 1. The van der Waals surface area contributed by atoms with Gasteiger partial charge in [0.05, 0.1) is 6.20 Å². The Morgan fingerprint density at radius 1 is 1.15 bits per heavy atom. The Morgan fingerprint density at radius 2 is 1.90 bits per heavy atom. The molecule has 0 amide bonds. The lowest BCUT2D eigenvalue weighted by molar-refractivity contribution is 0.112. The molecule has 2 rings (SSSR count). The van der Waals surface area contributed by atoms with Crippen LogP contribution < -0.4 is 4.74 Å². The van der Waals surface area contributed by atoms with E-state index in [9.17, 15) is 4.79 Å². The van der Waals surface area contributed by atoms with Gasteiger partial charge in [-0.05, 0) is 30.0 Å². The smallest absolute Gasteiger partial charge is 0.151 e. The number of pyridine rings is 1. The van der Waals surface area contributed by atoms with Gasteiger partial charge >= 0.3 is 0 Å². The minimum absolute atomic E-state index is 0.0151. The summed E-state index contributed by atoms with van der Waals surface area (Å²) < 4.78 is 5.94. The molecule has 3 nitrogen and oxygen atoms in total. The van der Waals surface area contributed by atoms with Crippen molar-refractivity contribution in [3.63, 3.8) is 0 Å². The molecule has 0 saturated carbocycles. The van der Waals surface area contributed by atoms with Crippen molar-refractivity contribution in [1.29, 1.82) is 0 Å². The summed E-state index contributed by atoms with van der Waals surface area (Å²) in [5.74, 6) is 1.38. The van der Waals surface area contributed by atoms with Crippen molar-refractivity contribution in [2.45, 2.75) is 33.1 Å². The van der Waals surface area contributed by atoms with E-state index in [4.69, 9.17) is 4.74 Å². The Labute approximate surface area is 119 Å². The van der Waals surface area contributed by atoms with E-state index in [2.05, 4.69) is 37.9 Å². The first-order valence-electron chi connectivity index (χ1n) is 6.59. The number of hydrogen-bond acceptors (Lipinski definition) is 3. The zero-order valence-electron chi connectivity index (χ0n) is 12.3. The topological polar surface area (TPSA) is 39.2 Å². The van der Waals surface area contributed by atoms with E-state index in [0.29, 0.717) is 11.3 Å². The molecule has 0 atom stereocenters. The van der Waals surface area contributed by atoms with Gasteiger partial charge in [-0.2, -0.15) is 0 Å². The van der Waals surface area contributed by atoms with Crippen LogP contribution in [0.25, 0.3) is 0 Å². The van der Waals surface area contributed by atoms with Crippen molar-refractivity contribution in [2.24, 2.45) is 0 Å². The minimum atomic E-state index is -0.0151. The van der Waals surface area contributed by atoms with Crippen LogP contribution in [-0.4, -0.2) is 11.3 Å². The summed E-state index contributed by atoms with van der Waals surface area (Å²) in [5, 5.41) is 0. The lowest BCUT2D eigenvalue weighted by Gasteiger charge is -2.23. The monoisotopic (exact) mass is 269 g/mol. The number of benzene rings is 1. The van der Waals surface area contributed by atoms with Gasteiger partial charge in [-0.1, -0.05) is 32.9 Å². The Morgan fingerprint density at radius 3 is 2.55 bits per heavy atom. The van der Waals surface area contributed by atoms with E-state index in [1.165, 1.54) is 6.20 Å². The van der Waals surface area contributed by atoms with Crippen molar-refractivity contribution in [2.75, 3.05) is 0 Å². The Bertz CT molecular complexity index is 627. The quantitative estimate of drug-likeness (QED) is 0.780. The Kier molecular flexibility index (Phi) is 3.89. The molecule has 1 heterocycles. The van der Waals surface area contributed by atoms with Gasteiger partial charge in [0, 0.05) is 17.3 Å². The molecule has 0 aliphatic carbocycles. The third kappa shape index (κ3) is 3.23. The summed E-state index contributed by atoms with van der Waals surface area (Å²) >= 11 is 0. The molecule has 0 spiro atoms. The van der Waals surface area contributed by atoms with Gasteiger partial charge in [-0.25, -0.2) is 0 Å². The van der Waals surface area contributed by atoms with E-state index in [0.717, 1.165) is 23.2 Å². The fourth-order valence-corrected chi connectivity index (χ4v) is 2.02. The van der Waals surface area contributed by atoms with Crippen LogP contribution in [0.1, 0.15) is 42.3 Å². The fraction of sp³-hybridized carbons (Fsp3) is 0.294. The molecule has 0 aliphatic heterocycles. The van der Waals surface area contributed by atoms with Crippen LogP contribution in [0.3, 0.4) is 0 Å². The van der Waals surface area contributed by atoms with E-state index in [-0.39, 0.29) is 5.41 Å². The standard InChI is InChI=1S/C17H19NO2/c1-12-5-6-15(17(2,3)4)16(7-12)20-14-8-13(11-19)9-18-10-14/h5-11H,1-4H3. The van der Waals surface area contributed by atoms with Crippen molar-refractivity contribution in [3.8, 4) is 11.5 Å². The first-order valence-corrected chi connectivity index (χ1v) is 6.59. The zero-order chi connectivity index (χ0) is 14.8. The Hall–Kier alpha value is -2.16. The lowest BCUT2D eigenvalue weighted by atomic mass is 9.86. The van der Waals surface area contributed by atoms with Gasteiger partial charge in [0.1, 0.15) is 11.5 Å². The summed E-state index contributed by atoms with van der Waals surface area (Å²) in [6.07, 6.45) is 3.89. The van der Waals surface area contributed by atoms with E-state index in [1.54, 1.807) is 12.3 Å². The third-order valence-corrected chi connectivity index (χ3v) is 3.04. The largest absolute Gasteiger partial charge is 0.455 e. The molecule has 1 aromatic carbocycles. The maximum Gasteiger partial charge on any atom is 0.151 e. The number of aromatic nitrogens is 1. The van der Waals surface area contributed by atoms with Crippen LogP contribution >= 0.6 is 0 Å². The molecule has 104 valence electrons. The maximum absolute atomic E-state index is 10.8. The molecule has 0 aliphatic rings. The highest BCUT2D eigenvalue weighted by atomic mass is 16.5. The van der Waals surface area contributed by atoms with Gasteiger partial charge in [-0.15, -0.1) is 0 Å². The third-order valence-electron chi connectivity index (χ3n) is 3.04. The zero-order valence-corrected chi connectivity index (χ0v) is 12.3. The maximum atomic E-state index is 10.8. The van der Waals surface area contributed by atoms with Gasteiger partial charge in [0.2, 0.25) is 0 Å². The highest BCUT2D eigenvalue weighted by Gasteiger charge is 2.19. The van der Waals surface area contributed by atoms with Gasteiger partial charge in [-0.3, -0.25) is 9.78 Å². The summed E-state index contributed by atoms with van der Waals surface area (Å²) in [7, 11) is 0. The van der Waals surface area contributed by atoms with Crippen molar-refractivity contribution in [1.82, 2.24) is 4.98 Å². The molecule has 1 aromatic heterocycles. The molecule has 0 N–H and O–H groups in total. The molecule has 3 heteroatoms.